The van der Waals surface area contributed by atoms with Gasteiger partial charge in [0.2, 0.25) is 0 Å². The SMILES string of the molecule is CN1CCN(CCCc2ccc(-c3cccc(F)c3)cc2)CC1. The van der Waals surface area contributed by atoms with Crippen LogP contribution in [-0.4, -0.2) is 49.6 Å². The van der Waals surface area contributed by atoms with Crippen molar-refractivity contribution in [3.63, 3.8) is 0 Å². The summed E-state index contributed by atoms with van der Waals surface area (Å²) in [6, 6.07) is 15.3. The van der Waals surface area contributed by atoms with E-state index in [0.29, 0.717) is 0 Å². The fourth-order valence-electron chi connectivity index (χ4n) is 3.11. The van der Waals surface area contributed by atoms with Crippen LogP contribution >= 0.6 is 0 Å². The Balaban J connectivity index is 1.50. The molecule has 0 radical (unpaired) electrons. The molecule has 0 aromatic heterocycles. The molecule has 1 aliphatic heterocycles. The molecule has 1 fully saturated rings. The molecule has 2 aromatic carbocycles. The number of benzene rings is 2. The highest BCUT2D eigenvalue weighted by atomic mass is 19.1. The van der Waals surface area contributed by atoms with Crippen molar-refractivity contribution in [2.45, 2.75) is 12.8 Å². The van der Waals surface area contributed by atoms with Crippen LogP contribution in [0.5, 0.6) is 0 Å². The monoisotopic (exact) mass is 312 g/mol. The van der Waals surface area contributed by atoms with Crippen molar-refractivity contribution in [2.24, 2.45) is 0 Å². The van der Waals surface area contributed by atoms with E-state index in [9.17, 15) is 4.39 Å². The Hall–Kier alpha value is -1.71. The van der Waals surface area contributed by atoms with Gasteiger partial charge < -0.3 is 9.80 Å². The molecule has 0 bridgehead atoms. The van der Waals surface area contributed by atoms with Crippen LogP contribution in [0.25, 0.3) is 11.1 Å². The number of piperazine rings is 1. The summed E-state index contributed by atoms with van der Waals surface area (Å²) >= 11 is 0. The molecule has 1 aliphatic rings. The molecule has 3 heteroatoms. The molecule has 0 unspecified atom stereocenters. The Morgan fingerprint density at radius 3 is 2.35 bits per heavy atom. The zero-order valence-corrected chi connectivity index (χ0v) is 13.8. The summed E-state index contributed by atoms with van der Waals surface area (Å²) in [5.41, 5.74) is 3.38. The standard InChI is InChI=1S/C20H25FN2/c1-22-12-14-23(15-13-22)11-3-4-17-7-9-18(10-8-17)19-5-2-6-20(21)16-19/h2,5-10,16H,3-4,11-15H2,1H3. The third-order valence-corrected chi connectivity index (χ3v) is 4.65. The highest BCUT2D eigenvalue weighted by Crippen LogP contribution is 2.21. The molecule has 0 saturated carbocycles. The van der Waals surface area contributed by atoms with Gasteiger partial charge in [0, 0.05) is 26.2 Å². The normalized spacial score (nSPS) is 16.6. The zero-order valence-electron chi connectivity index (χ0n) is 13.8. The minimum atomic E-state index is -0.182. The van der Waals surface area contributed by atoms with Crippen molar-refractivity contribution in [2.75, 3.05) is 39.8 Å². The lowest BCUT2D eigenvalue weighted by atomic mass is 10.0. The minimum absolute atomic E-state index is 0.182. The lowest BCUT2D eigenvalue weighted by Gasteiger charge is -2.32. The predicted octanol–water partition coefficient (Wildman–Crippen LogP) is 3.67. The number of likely N-dealkylation sites (N-methyl/N-ethyl adjacent to an activating group) is 1. The molecule has 2 nitrogen and oxygen atoms in total. The van der Waals surface area contributed by atoms with Crippen LogP contribution < -0.4 is 0 Å². The van der Waals surface area contributed by atoms with E-state index in [1.54, 1.807) is 12.1 Å². The fourth-order valence-corrected chi connectivity index (χ4v) is 3.11. The minimum Gasteiger partial charge on any atom is -0.304 e. The highest BCUT2D eigenvalue weighted by Gasteiger charge is 2.12. The van der Waals surface area contributed by atoms with Gasteiger partial charge in [0.05, 0.1) is 0 Å². The summed E-state index contributed by atoms with van der Waals surface area (Å²) in [5, 5.41) is 0. The van der Waals surface area contributed by atoms with Crippen LogP contribution in [0.15, 0.2) is 48.5 Å². The maximum absolute atomic E-state index is 13.3. The Bertz CT molecular complexity index is 616. The van der Waals surface area contributed by atoms with Gasteiger partial charge >= 0.3 is 0 Å². The van der Waals surface area contributed by atoms with Crippen molar-refractivity contribution < 1.29 is 4.39 Å². The smallest absolute Gasteiger partial charge is 0.123 e. The summed E-state index contributed by atoms with van der Waals surface area (Å²) in [7, 11) is 2.19. The first-order valence-corrected chi connectivity index (χ1v) is 8.46. The first-order chi connectivity index (χ1) is 11.2. The summed E-state index contributed by atoms with van der Waals surface area (Å²) in [5.74, 6) is -0.182. The van der Waals surface area contributed by atoms with Crippen LogP contribution in [0, 0.1) is 5.82 Å². The van der Waals surface area contributed by atoms with Gasteiger partial charge in [-0.15, -0.1) is 0 Å². The number of hydrogen-bond acceptors (Lipinski definition) is 2. The van der Waals surface area contributed by atoms with Crippen molar-refractivity contribution in [1.29, 1.82) is 0 Å². The summed E-state index contributed by atoms with van der Waals surface area (Å²) in [6.45, 7) is 5.92. The quantitative estimate of drug-likeness (QED) is 0.831. The van der Waals surface area contributed by atoms with Gasteiger partial charge in [-0.1, -0.05) is 36.4 Å². The second kappa shape index (κ2) is 7.71. The largest absolute Gasteiger partial charge is 0.304 e. The average molecular weight is 312 g/mol. The van der Waals surface area contributed by atoms with Crippen LogP contribution in [0.1, 0.15) is 12.0 Å². The predicted molar refractivity (Wildman–Crippen MR) is 94.1 cm³/mol. The van der Waals surface area contributed by atoms with Gasteiger partial charge in [0.1, 0.15) is 5.82 Å². The van der Waals surface area contributed by atoms with E-state index >= 15 is 0 Å². The van der Waals surface area contributed by atoms with Crippen LogP contribution in [0.2, 0.25) is 0 Å². The Morgan fingerprint density at radius 1 is 0.913 bits per heavy atom. The van der Waals surface area contributed by atoms with E-state index in [1.165, 1.54) is 50.8 Å². The molecular formula is C20H25FN2. The lowest BCUT2D eigenvalue weighted by molar-refractivity contribution is 0.153. The van der Waals surface area contributed by atoms with Gasteiger partial charge in [-0.25, -0.2) is 4.39 Å². The topological polar surface area (TPSA) is 6.48 Å². The van der Waals surface area contributed by atoms with Crippen LogP contribution in [0.4, 0.5) is 4.39 Å². The Labute approximate surface area is 138 Å². The van der Waals surface area contributed by atoms with Crippen LogP contribution in [-0.2, 0) is 6.42 Å². The third-order valence-electron chi connectivity index (χ3n) is 4.65. The van der Waals surface area contributed by atoms with Gasteiger partial charge in [-0.2, -0.15) is 0 Å². The lowest BCUT2D eigenvalue weighted by Crippen LogP contribution is -2.44. The van der Waals surface area contributed by atoms with Gasteiger partial charge in [0.25, 0.3) is 0 Å². The molecule has 0 spiro atoms. The molecule has 0 atom stereocenters. The molecule has 1 heterocycles. The van der Waals surface area contributed by atoms with Crippen molar-refractivity contribution >= 4 is 0 Å². The molecule has 0 amide bonds. The van der Waals surface area contributed by atoms with Crippen LogP contribution in [0.3, 0.4) is 0 Å². The molecule has 0 N–H and O–H groups in total. The molecule has 2 aromatic rings. The zero-order chi connectivity index (χ0) is 16.1. The van der Waals surface area contributed by atoms with Crippen molar-refractivity contribution in [3.05, 3.63) is 59.9 Å². The van der Waals surface area contributed by atoms with E-state index in [1.807, 2.05) is 6.07 Å². The van der Waals surface area contributed by atoms with Crippen molar-refractivity contribution in [3.8, 4) is 11.1 Å². The maximum Gasteiger partial charge on any atom is 0.123 e. The maximum atomic E-state index is 13.3. The number of nitrogens with zero attached hydrogens (tertiary/aromatic N) is 2. The van der Waals surface area contributed by atoms with E-state index in [0.717, 1.165) is 17.5 Å². The molecule has 3 rings (SSSR count). The molecule has 0 aliphatic carbocycles. The number of aryl methyl sites for hydroxylation is 1. The van der Waals surface area contributed by atoms with Gasteiger partial charge in [-0.05, 0) is 55.3 Å². The second-order valence-corrected chi connectivity index (χ2v) is 6.46. The first-order valence-electron chi connectivity index (χ1n) is 8.46. The van der Waals surface area contributed by atoms with Gasteiger partial charge in [-0.3, -0.25) is 0 Å². The summed E-state index contributed by atoms with van der Waals surface area (Å²) in [4.78, 5) is 4.95. The summed E-state index contributed by atoms with van der Waals surface area (Å²) < 4.78 is 13.3. The number of rotatable bonds is 5. The van der Waals surface area contributed by atoms with E-state index in [2.05, 4.69) is 41.1 Å². The molecule has 23 heavy (non-hydrogen) atoms. The Kier molecular flexibility index (Phi) is 5.42. The van der Waals surface area contributed by atoms with Gasteiger partial charge in [0.15, 0.2) is 0 Å². The number of hydrogen-bond donors (Lipinski definition) is 0. The van der Waals surface area contributed by atoms with E-state index in [-0.39, 0.29) is 5.82 Å². The van der Waals surface area contributed by atoms with E-state index < -0.39 is 0 Å². The summed E-state index contributed by atoms with van der Waals surface area (Å²) in [6.07, 6.45) is 2.30. The first kappa shape index (κ1) is 16.2. The third kappa shape index (κ3) is 4.63. The molecular weight excluding hydrogens is 287 g/mol. The highest BCUT2D eigenvalue weighted by molar-refractivity contribution is 5.63. The fraction of sp³-hybridized carbons (Fsp3) is 0.400. The average Bonchev–Trinajstić information content (AvgIpc) is 2.57. The second-order valence-electron chi connectivity index (χ2n) is 6.46. The molecule has 122 valence electrons. The Morgan fingerprint density at radius 2 is 1.65 bits per heavy atom. The molecule has 1 saturated heterocycles. The van der Waals surface area contributed by atoms with E-state index in [4.69, 9.17) is 0 Å². The number of halogens is 1. The van der Waals surface area contributed by atoms with Crippen molar-refractivity contribution in [1.82, 2.24) is 9.80 Å².